The van der Waals surface area contributed by atoms with E-state index in [4.69, 9.17) is 0 Å². The Labute approximate surface area is 85.9 Å². The molecular weight excluding hydrogens is 198 g/mol. The maximum atomic E-state index is 10.9. The van der Waals surface area contributed by atoms with Crippen LogP contribution in [0.15, 0.2) is 29.3 Å². The van der Waals surface area contributed by atoms with E-state index in [1.54, 1.807) is 12.1 Å². The van der Waals surface area contributed by atoms with Gasteiger partial charge >= 0.3 is 0 Å². The first-order valence-electron chi connectivity index (χ1n) is 4.26. The van der Waals surface area contributed by atoms with Crippen molar-refractivity contribution in [3.05, 3.63) is 29.8 Å². The highest BCUT2D eigenvalue weighted by Crippen LogP contribution is 2.22. The van der Waals surface area contributed by atoms with Gasteiger partial charge in [0.15, 0.2) is 0 Å². The van der Waals surface area contributed by atoms with Crippen LogP contribution in [-0.2, 0) is 11.2 Å². The van der Waals surface area contributed by atoms with Gasteiger partial charge < -0.3 is 5.11 Å². The van der Waals surface area contributed by atoms with Crippen LogP contribution in [0.3, 0.4) is 0 Å². The first kappa shape index (κ1) is 9.27. The second kappa shape index (κ2) is 3.84. The molecule has 0 unspecified atom stereocenters. The molecule has 1 amide bonds. The molecule has 0 spiro atoms. The SMILES string of the molecule is O=C1CSC(Cc2ccccc2O)=N1. The number of aromatic hydroxyl groups is 1. The Bertz CT molecular complexity index is 401. The number of hydrogen-bond donors (Lipinski definition) is 1. The van der Waals surface area contributed by atoms with Gasteiger partial charge in [-0.05, 0) is 6.07 Å². The van der Waals surface area contributed by atoms with E-state index in [-0.39, 0.29) is 11.7 Å². The van der Waals surface area contributed by atoms with Crippen LogP contribution in [0.25, 0.3) is 0 Å². The van der Waals surface area contributed by atoms with Crippen molar-refractivity contribution in [2.24, 2.45) is 4.99 Å². The summed E-state index contributed by atoms with van der Waals surface area (Å²) < 4.78 is 0. The molecule has 0 fully saturated rings. The Morgan fingerprint density at radius 3 is 2.86 bits per heavy atom. The Balaban J connectivity index is 2.15. The highest BCUT2D eigenvalue weighted by atomic mass is 32.2. The number of phenols is 1. The summed E-state index contributed by atoms with van der Waals surface area (Å²) in [6.07, 6.45) is 0.545. The van der Waals surface area contributed by atoms with Crippen LogP contribution in [0.5, 0.6) is 5.75 Å². The molecule has 3 nitrogen and oxygen atoms in total. The van der Waals surface area contributed by atoms with Gasteiger partial charge in [0.2, 0.25) is 0 Å². The fourth-order valence-corrected chi connectivity index (χ4v) is 2.04. The summed E-state index contributed by atoms with van der Waals surface area (Å²) in [5, 5.41) is 10.3. The van der Waals surface area contributed by atoms with Gasteiger partial charge in [-0.25, -0.2) is 4.99 Å². The van der Waals surface area contributed by atoms with Crippen LogP contribution in [0, 0.1) is 0 Å². The summed E-state index contributed by atoms with van der Waals surface area (Å²) in [5.74, 6) is 0.610. The van der Waals surface area contributed by atoms with Crippen LogP contribution < -0.4 is 0 Å². The molecule has 1 aliphatic heterocycles. The Morgan fingerprint density at radius 1 is 1.43 bits per heavy atom. The lowest BCUT2D eigenvalue weighted by Gasteiger charge is -2.02. The molecule has 0 radical (unpaired) electrons. The van der Waals surface area contributed by atoms with Gasteiger partial charge in [-0.3, -0.25) is 4.79 Å². The van der Waals surface area contributed by atoms with Crippen molar-refractivity contribution in [2.75, 3.05) is 5.75 Å². The standard InChI is InChI=1S/C10H9NO2S/c12-8-4-2-1-3-7(8)5-10-11-9(13)6-14-10/h1-4,12H,5-6H2. The van der Waals surface area contributed by atoms with Crippen molar-refractivity contribution < 1.29 is 9.90 Å². The lowest BCUT2D eigenvalue weighted by Crippen LogP contribution is -1.95. The quantitative estimate of drug-likeness (QED) is 0.801. The number of carbonyl (C=O) groups excluding carboxylic acids is 1. The molecule has 0 saturated carbocycles. The Kier molecular flexibility index (Phi) is 2.54. The molecule has 1 aliphatic rings. The minimum Gasteiger partial charge on any atom is -0.508 e. The lowest BCUT2D eigenvalue weighted by molar-refractivity contribution is -0.115. The number of aliphatic imine (C=N–C) groups is 1. The van der Waals surface area contributed by atoms with E-state index in [9.17, 15) is 9.90 Å². The number of nitrogens with zero attached hydrogens (tertiary/aromatic N) is 1. The van der Waals surface area contributed by atoms with E-state index < -0.39 is 0 Å². The van der Waals surface area contributed by atoms with Crippen molar-refractivity contribution in [3.8, 4) is 5.75 Å². The molecule has 1 aromatic rings. The molecule has 1 N–H and O–H groups in total. The summed E-state index contributed by atoms with van der Waals surface area (Å²) >= 11 is 1.44. The average Bonchev–Trinajstić information content (AvgIpc) is 2.56. The summed E-state index contributed by atoms with van der Waals surface area (Å²) in [6.45, 7) is 0. The third kappa shape index (κ3) is 1.96. The normalized spacial score (nSPS) is 15.7. The van der Waals surface area contributed by atoms with Crippen molar-refractivity contribution in [3.63, 3.8) is 0 Å². The molecule has 72 valence electrons. The number of para-hydroxylation sites is 1. The van der Waals surface area contributed by atoms with Gasteiger partial charge in [-0.15, -0.1) is 11.8 Å². The zero-order chi connectivity index (χ0) is 9.97. The number of thioether (sulfide) groups is 1. The first-order chi connectivity index (χ1) is 6.75. The fourth-order valence-electron chi connectivity index (χ4n) is 1.26. The molecule has 1 aromatic carbocycles. The van der Waals surface area contributed by atoms with Gasteiger partial charge in [0.05, 0.1) is 10.8 Å². The van der Waals surface area contributed by atoms with Crippen LogP contribution >= 0.6 is 11.8 Å². The lowest BCUT2D eigenvalue weighted by atomic mass is 10.1. The molecule has 0 aromatic heterocycles. The number of rotatable bonds is 2. The van der Waals surface area contributed by atoms with Gasteiger partial charge in [0.25, 0.3) is 5.91 Å². The number of phenolic OH excluding ortho intramolecular Hbond substituents is 1. The molecule has 1 heterocycles. The predicted molar refractivity (Wildman–Crippen MR) is 56.7 cm³/mol. The number of carbonyl (C=O) groups is 1. The van der Waals surface area contributed by atoms with Crippen molar-refractivity contribution in [1.82, 2.24) is 0 Å². The van der Waals surface area contributed by atoms with Gasteiger partial charge in [0.1, 0.15) is 5.75 Å². The van der Waals surface area contributed by atoms with Crippen molar-refractivity contribution in [1.29, 1.82) is 0 Å². The third-order valence-corrected chi connectivity index (χ3v) is 2.91. The summed E-state index contributed by atoms with van der Waals surface area (Å²) in [6, 6.07) is 7.10. The molecule has 0 saturated heterocycles. The number of benzene rings is 1. The van der Waals surface area contributed by atoms with Gasteiger partial charge in [-0.1, -0.05) is 18.2 Å². The van der Waals surface area contributed by atoms with Crippen LogP contribution in [0.1, 0.15) is 5.56 Å². The summed E-state index contributed by atoms with van der Waals surface area (Å²) in [4.78, 5) is 14.7. The number of amides is 1. The van der Waals surface area contributed by atoms with Gasteiger partial charge in [-0.2, -0.15) is 0 Å². The molecular formula is C10H9NO2S. The first-order valence-corrected chi connectivity index (χ1v) is 5.24. The molecule has 4 heteroatoms. The Hall–Kier alpha value is -1.29. The van der Waals surface area contributed by atoms with Crippen molar-refractivity contribution in [2.45, 2.75) is 6.42 Å². The molecule has 14 heavy (non-hydrogen) atoms. The molecule has 2 rings (SSSR count). The number of hydrogen-bond acceptors (Lipinski definition) is 3. The van der Waals surface area contributed by atoms with Crippen molar-refractivity contribution >= 4 is 22.7 Å². The minimum absolute atomic E-state index is 0.0829. The monoisotopic (exact) mass is 207 g/mol. The third-order valence-electron chi connectivity index (χ3n) is 1.94. The van der Waals surface area contributed by atoms with E-state index in [1.807, 2.05) is 12.1 Å². The Morgan fingerprint density at radius 2 is 2.21 bits per heavy atom. The molecule has 0 aliphatic carbocycles. The van der Waals surface area contributed by atoms with Crippen LogP contribution in [-0.4, -0.2) is 21.8 Å². The summed E-state index contributed by atoms with van der Waals surface area (Å²) in [5.41, 5.74) is 0.813. The van der Waals surface area contributed by atoms with Gasteiger partial charge in [0, 0.05) is 12.0 Å². The van der Waals surface area contributed by atoms with E-state index in [0.29, 0.717) is 12.2 Å². The maximum absolute atomic E-state index is 10.9. The van der Waals surface area contributed by atoms with Crippen LogP contribution in [0.4, 0.5) is 0 Å². The topological polar surface area (TPSA) is 49.7 Å². The fraction of sp³-hybridized carbons (Fsp3) is 0.200. The minimum atomic E-state index is -0.0829. The smallest absolute Gasteiger partial charge is 0.256 e. The van der Waals surface area contributed by atoms with E-state index in [2.05, 4.69) is 4.99 Å². The average molecular weight is 207 g/mol. The van der Waals surface area contributed by atoms with E-state index >= 15 is 0 Å². The van der Waals surface area contributed by atoms with E-state index in [1.165, 1.54) is 11.8 Å². The second-order valence-corrected chi connectivity index (χ2v) is 4.04. The highest BCUT2D eigenvalue weighted by Gasteiger charge is 2.15. The second-order valence-electron chi connectivity index (χ2n) is 2.99. The highest BCUT2D eigenvalue weighted by molar-refractivity contribution is 8.15. The largest absolute Gasteiger partial charge is 0.508 e. The zero-order valence-electron chi connectivity index (χ0n) is 7.43. The van der Waals surface area contributed by atoms with Crippen LogP contribution in [0.2, 0.25) is 0 Å². The van der Waals surface area contributed by atoms with E-state index in [0.717, 1.165) is 10.6 Å². The maximum Gasteiger partial charge on any atom is 0.256 e. The molecule has 0 atom stereocenters. The molecule has 0 bridgehead atoms. The predicted octanol–water partition coefficient (Wildman–Crippen LogP) is 1.61. The summed E-state index contributed by atoms with van der Waals surface area (Å²) in [7, 11) is 0. The zero-order valence-corrected chi connectivity index (χ0v) is 8.25.